The Bertz CT molecular complexity index is 961. The van der Waals surface area contributed by atoms with E-state index in [2.05, 4.69) is 16.4 Å². The fraction of sp³-hybridized carbons (Fsp3) is 0.412. The quantitative estimate of drug-likeness (QED) is 0.906. The lowest BCUT2D eigenvalue weighted by molar-refractivity contribution is 0.332. The minimum absolute atomic E-state index is 0.0132. The van der Waals surface area contributed by atoms with E-state index in [0.29, 0.717) is 53.6 Å². The third kappa shape index (κ3) is 3.57. The van der Waals surface area contributed by atoms with E-state index in [0.717, 1.165) is 0 Å². The number of hydrogen-bond acceptors (Lipinski definition) is 5. The first kappa shape index (κ1) is 17.6. The van der Waals surface area contributed by atoms with E-state index in [1.165, 1.54) is 28.9 Å². The van der Waals surface area contributed by atoms with Crippen LogP contribution in [-0.2, 0) is 10.0 Å². The molecule has 1 aromatic heterocycles. The number of rotatable bonds is 3. The molecule has 2 aromatic rings. The molecule has 1 fully saturated rings. The number of fused-ring (bicyclic) bond motifs is 1. The number of nitriles is 1. The summed E-state index contributed by atoms with van der Waals surface area (Å²) >= 11 is 0. The molecule has 0 saturated carbocycles. The molecular weight excluding hydrogens is 343 g/mol. The van der Waals surface area contributed by atoms with Crippen LogP contribution in [0.4, 0.5) is 10.1 Å². The van der Waals surface area contributed by atoms with Crippen LogP contribution in [0.1, 0.15) is 24.0 Å². The van der Waals surface area contributed by atoms with Gasteiger partial charge in [-0.15, -0.1) is 0 Å². The second kappa shape index (κ2) is 6.58. The molecule has 1 aliphatic heterocycles. The van der Waals surface area contributed by atoms with Crippen molar-refractivity contribution in [1.29, 1.82) is 5.26 Å². The fourth-order valence-corrected chi connectivity index (χ4v) is 4.09. The van der Waals surface area contributed by atoms with Gasteiger partial charge in [0.1, 0.15) is 11.9 Å². The molecule has 6 nitrogen and oxygen atoms in total. The van der Waals surface area contributed by atoms with Crippen LogP contribution in [0.15, 0.2) is 18.3 Å². The smallest absolute Gasteiger partial charge is 0.211 e. The maximum absolute atomic E-state index is 13.9. The third-order valence-corrected chi connectivity index (χ3v) is 5.82. The highest BCUT2D eigenvalue weighted by molar-refractivity contribution is 7.88. The van der Waals surface area contributed by atoms with Gasteiger partial charge >= 0.3 is 0 Å². The molecule has 0 atom stereocenters. The zero-order valence-corrected chi connectivity index (χ0v) is 14.9. The van der Waals surface area contributed by atoms with Crippen LogP contribution < -0.4 is 5.32 Å². The van der Waals surface area contributed by atoms with E-state index in [4.69, 9.17) is 0 Å². The molecule has 2 heterocycles. The van der Waals surface area contributed by atoms with Crippen LogP contribution in [0.2, 0.25) is 0 Å². The number of sulfonamides is 1. The molecule has 1 N–H and O–H groups in total. The molecule has 132 valence electrons. The predicted octanol–water partition coefficient (Wildman–Crippen LogP) is 2.39. The van der Waals surface area contributed by atoms with Crippen molar-refractivity contribution in [3.8, 4) is 6.07 Å². The summed E-state index contributed by atoms with van der Waals surface area (Å²) < 4.78 is 38.5. The van der Waals surface area contributed by atoms with E-state index in [1.807, 2.05) is 0 Å². The Labute approximate surface area is 146 Å². The minimum Gasteiger partial charge on any atom is -0.381 e. The Hall–Kier alpha value is -2.24. The summed E-state index contributed by atoms with van der Waals surface area (Å²) in [6, 6.07) is 4.90. The zero-order chi connectivity index (χ0) is 18.2. The molecule has 1 aliphatic rings. The van der Waals surface area contributed by atoms with Gasteiger partial charge in [0.2, 0.25) is 10.0 Å². The number of halogens is 1. The summed E-state index contributed by atoms with van der Waals surface area (Å²) in [6.45, 7) is 2.63. The molecular formula is C17H19FN4O2S. The van der Waals surface area contributed by atoms with Gasteiger partial charge in [-0.1, -0.05) is 0 Å². The first-order valence-corrected chi connectivity index (χ1v) is 9.85. The van der Waals surface area contributed by atoms with E-state index < -0.39 is 10.0 Å². The van der Waals surface area contributed by atoms with Crippen LogP contribution in [0, 0.1) is 24.1 Å². The Morgan fingerprint density at radius 1 is 1.36 bits per heavy atom. The van der Waals surface area contributed by atoms with Crippen molar-refractivity contribution in [3.63, 3.8) is 0 Å². The highest BCUT2D eigenvalue weighted by atomic mass is 32.2. The molecule has 0 bridgehead atoms. The van der Waals surface area contributed by atoms with Gasteiger partial charge in [-0.25, -0.2) is 17.1 Å². The third-order valence-electron chi connectivity index (χ3n) is 4.52. The predicted molar refractivity (Wildman–Crippen MR) is 94.2 cm³/mol. The summed E-state index contributed by atoms with van der Waals surface area (Å²) in [7, 11) is -3.19. The number of aromatic nitrogens is 1. The number of hydrogen-bond donors (Lipinski definition) is 1. The fourth-order valence-electron chi connectivity index (χ4n) is 3.21. The highest BCUT2D eigenvalue weighted by Crippen LogP contribution is 2.30. The summed E-state index contributed by atoms with van der Waals surface area (Å²) in [5, 5.41) is 13.3. The second-order valence-corrected chi connectivity index (χ2v) is 8.34. The molecule has 1 aromatic carbocycles. The van der Waals surface area contributed by atoms with Gasteiger partial charge in [0.25, 0.3) is 0 Å². The van der Waals surface area contributed by atoms with Gasteiger partial charge in [-0.3, -0.25) is 4.98 Å². The molecule has 0 aliphatic carbocycles. The number of nitrogens with one attached hydrogen (secondary N) is 1. The maximum atomic E-state index is 13.9. The standard InChI is InChI=1S/C17H19FN4O2S/c1-11-7-13(18)8-15-16(11)20-10-12(9-19)17(15)21-14-3-5-22(6-4-14)25(2,23)24/h7-8,10,14H,3-6H2,1-2H3,(H,20,21). The van der Waals surface area contributed by atoms with E-state index in [9.17, 15) is 18.1 Å². The van der Waals surface area contributed by atoms with Gasteiger partial charge in [0.15, 0.2) is 0 Å². The van der Waals surface area contributed by atoms with E-state index >= 15 is 0 Å². The Morgan fingerprint density at radius 3 is 2.64 bits per heavy atom. The lowest BCUT2D eigenvalue weighted by Gasteiger charge is -2.31. The first-order valence-electron chi connectivity index (χ1n) is 8.00. The topological polar surface area (TPSA) is 86.1 Å². The van der Waals surface area contributed by atoms with Crippen molar-refractivity contribution in [2.75, 3.05) is 24.7 Å². The van der Waals surface area contributed by atoms with Crippen molar-refractivity contribution in [2.45, 2.75) is 25.8 Å². The number of nitrogens with zero attached hydrogens (tertiary/aromatic N) is 3. The van der Waals surface area contributed by atoms with Crippen molar-refractivity contribution >= 4 is 26.6 Å². The van der Waals surface area contributed by atoms with Crippen LogP contribution in [0.3, 0.4) is 0 Å². The Balaban J connectivity index is 1.93. The van der Waals surface area contributed by atoms with E-state index in [1.54, 1.807) is 6.92 Å². The van der Waals surface area contributed by atoms with Gasteiger partial charge in [-0.2, -0.15) is 5.26 Å². The monoisotopic (exact) mass is 362 g/mol. The van der Waals surface area contributed by atoms with Crippen LogP contribution in [0.5, 0.6) is 0 Å². The molecule has 3 rings (SSSR count). The number of anilines is 1. The van der Waals surface area contributed by atoms with Crippen molar-refractivity contribution in [1.82, 2.24) is 9.29 Å². The molecule has 0 radical (unpaired) electrons. The average molecular weight is 362 g/mol. The summed E-state index contributed by atoms with van der Waals surface area (Å²) in [6.07, 6.45) is 3.93. The van der Waals surface area contributed by atoms with Crippen LogP contribution in [-0.4, -0.2) is 43.1 Å². The highest BCUT2D eigenvalue weighted by Gasteiger charge is 2.26. The number of benzene rings is 1. The number of piperidine rings is 1. The Kier molecular flexibility index (Phi) is 4.62. The lowest BCUT2D eigenvalue weighted by Crippen LogP contribution is -2.41. The van der Waals surface area contributed by atoms with Gasteiger partial charge in [0.05, 0.1) is 23.0 Å². The maximum Gasteiger partial charge on any atom is 0.211 e. The summed E-state index contributed by atoms with van der Waals surface area (Å²) in [4.78, 5) is 4.27. The summed E-state index contributed by atoms with van der Waals surface area (Å²) in [5.41, 5.74) is 2.27. The first-order chi connectivity index (χ1) is 11.8. The van der Waals surface area contributed by atoms with Gasteiger partial charge in [-0.05, 0) is 37.5 Å². The molecule has 1 saturated heterocycles. The van der Waals surface area contributed by atoms with Crippen LogP contribution in [0.25, 0.3) is 10.9 Å². The zero-order valence-electron chi connectivity index (χ0n) is 14.1. The SMILES string of the molecule is Cc1cc(F)cc2c(NC3CCN(S(C)(=O)=O)CC3)c(C#N)cnc12. The molecule has 0 amide bonds. The van der Waals surface area contributed by atoms with Gasteiger partial charge < -0.3 is 5.32 Å². The minimum atomic E-state index is -3.19. The second-order valence-electron chi connectivity index (χ2n) is 6.36. The molecule has 0 spiro atoms. The Morgan fingerprint density at radius 2 is 2.04 bits per heavy atom. The molecule has 0 unspecified atom stereocenters. The number of aryl methyl sites for hydroxylation is 1. The van der Waals surface area contributed by atoms with Crippen LogP contribution >= 0.6 is 0 Å². The van der Waals surface area contributed by atoms with Crippen molar-refractivity contribution in [3.05, 3.63) is 35.3 Å². The van der Waals surface area contributed by atoms with Gasteiger partial charge in [0, 0.05) is 30.7 Å². The summed E-state index contributed by atoms with van der Waals surface area (Å²) in [5.74, 6) is -0.378. The average Bonchev–Trinajstić information content (AvgIpc) is 2.55. The van der Waals surface area contributed by atoms with E-state index in [-0.39, 0.29) is 11.9 Å². The largest absolute Gasteiger partial charge is 0.381 e. The van der Waals surface area contributed by atoms with Crippen molar-refractivity contribution in [2.24, 2.45) is 0 Å². The normalized spacial score (nSPS) is 16.7. The van der Waals surface area contributed by atoms with Crippen molar-refractivity contribution < 1.29 is 12.8 Å². The number of pyridine rings is 1. The molecule has 8 heteroatoms. The molecule has 25 heavy (non-hydrogen) atoms. The lowest BCUT2D eigenvalue weighted by atomic mass is 10.0.